The minimum Gasteiger partial charge on any atom is -0.455 e. The summed E-state index contributed by atoms with van der Waals surface area (Å²) in [5, 5.41) is 3.57. The van der Waals surface area contributed by atoms with E-state index in [-0.39, 0.29) is 23.7 Å². The van der Waals surface area contributed by atoms with Crippen molar-refractivity contribution >= 4 is 34.7 Å². The summed E-state index contributed by atoms with van der Waals surface area (Å²) < 4.78 is 5.12. The molecule has 4 rings (SSSR count). The maximum absolute atomic E-state index is 12.2. The van der Waals surface area contributed by atoms with Crippen molar-refractivity contribution in [2.24, 2.45) is 0 Å². The molecule has 0 spiro atoms. The van der Waals surface area contributed by atoms with E-state index in [1.807, 2.05) is 42.5 Å². The first-order chi connectivity index (χ1) is 14.6. The molecule has 7 heteroatoms. The molecule has 1 aliphatic rings. The Bertz CT molecular complexity index is 1040. The summed E-state index contributed by atoms with van der Waals surface area (Å²) >= 11 is 1.24. The van der Waals surface area contributed by atoms with Gasteiger partial charge in [0.2, 0.25) is 0 Å². The summed E-state index contributed by atoms with van der Waals surface area (Å²) in [6.07, 6.45) is 4.91. The number of para-hydroxylation sites is 2. The lowest BCUT2D eigenvalue weighted by molar-refractivity contribution is -0.146. The van der Waals surface area contributed by atoms with Gasteiger partial charge in [0, 0.05) is 12.0 Å². The first kappa shape index (κ1) is 20.3. The zero-order valence-corrected chi connectivity index (χ0v) is 17.4. The average Bonchev–Trinajstić information content (AvgIpc) is 2.76. The number of hydrogen-bond donors (Lipinski definition) is 1. The van der Waals surface area contributed by atoms with Gasteiger partial charge in [0.1, 0.15) is 5.03 Å². The lowest BCUT2D eigenvalue weighted by Crippen LogP contribution is -2.46. The molecular formula is C23H23N3O3S. The molecule has 2 aromatic carbocycles. The second kappa shape index (κ2) is 9.26. The largest absolute Gasteiger partial charge is 0.455 e. The van der Waals surface area contributed by atoms with Crippen LogP contribution in [0.3, 0.4) is 0 Å². The van der Waals surface area contributed by atoms with Gasteiger partial charge in [-0.25, -0.2) is 4.98 Å². The standard InChI is InChI=1S/C23H23N3O3S/c27-20(25-16-23(11-6-12-23)17-7-2-1-3-8-17)14-29-22(28)15-30-21-13-24-18-9-4-5-10-19(18)26-21/h1-5,7-10,13H,6,11-12,14-16H2,(H,25,27). The lowest BCUT2D eigenvalue weighted by Gasteiger charge is -2.42. The first-order valence-corrected chi connectivity index (χ1v) is 11.0. The number of thioether (sulfide) groups is 1. The molecule has 0 unspecified atom stereocenters. The maximum Gasteiger partial charge on any atom is 0.316 e. The normalized spacial score (nSPS) is 14.7. The van der Waals surface area contributed by atoms with Gasteiger partial charge in [0.15, 0.2) is 6.61 Å². The topological polar surface area (TPSA) is 81.2 Å². The monoisotopic (exact) mass is 421 g/mol. The molecule has 1 fully saturated rings. The summed E-state index contributed by atoms with van der Waals surface area (Å²) in [6, 6.07) is 17.8. The van der Waals surface area contributed by atoms with Gasteiger partial charge in [-0.1, -0.05) is 60.6 Å². The average molecular weight is 422 g/mol. The van der Waals surface area contributed by atoms with E-state index in [1.54, 1.807) is 6.20 Å². The van der Waals surface area contributed by atoms with Crippen molar-refractivity contribution in [1.29, 1.82) is 0 Å². The number of carbonyl (C=O) groups is 2. The maximum atomic E-state index is 12.2. The minimum absolute atomic E-state index is 0.00549. The molecule has 0 radical (unpaired) electrons. The van der Waals surface area contributed by atoms with Crippen LogP contribution >= 0.6 is 11.8 Å². The quantitative estimate of drug-likeness (QED) is 0.443. The van der Waals surface area contributed by atoms with E-state index in [9.17, 15) is 9.59 Å². The third-order valence-electron chi connectivity index (χ3n) is 5.45. The number of carbonyl (C=O) groups excluding carboxylic acids is 2. The fourth-order valence-corrected chi connectivity index (χ4v) is 4.25. The Hall–Kier alpha value is -2.93. The van der Waals surface area contributed by atoms with Crippen LogP contribution in [0, 0.1) is 0 Å². The van der Waals surface area contributed by atoms with Crippen LogP contribution in [0.25, 0.3) is 11.0 Å². The number of nitrogens with one attached hydrogen (secondary N) is 1. The van der Waals surface area contributed by atoms with Crippen molar-refractivity contribution in [3.63, 3.8) is 0 Å². The molecule has 0 bridgehead atoms. The Labute approximate surface area is 179 Å². The Balaban J connectivity index is 1.21. The molecular weight excluding hydrogens is 398 g/mol. The summed E-state index contributed by atoms with van der Waals surface area (Å²) in [7, 11) is 0. The lowest BCUT2D eigenvalue weighted by atomic mass is 9.64. The van der Waals surface area contributed by atoms with E-state index < -0.39 is 5.97 Å². The summed E-state index contributed by atoms with van der Waals surface area (Å²) in [5.41, 5.74) is 2.84. The molecule has 1 aromatic heterocycles. The Morgan fingerprint density at radius 2 is 1.77 bits per heavy atom. The molecule has 1 saturated carbocycles. The molecule has 0 saturated heterocycles. The molecule has 1 amide bonds. The predicted octanol–water partition coefficient (Wildman–Crippen LogP) is 3.50. The van der Waals surface area contributed by atoms with Crippen LogP contribution in [0.1, 0.15) is 24.8 Å². The van der Waals surface area contributed by atoms with Crippen LogP contribution in [-0.2, 0) is 19.7 Å². The van der Waals surface area contributed by atoms with E-state index in [0.29, 0.717) is 11.6 Å². The van der Waals surface area contributed by atoms with Gasteiger partial charge >= 0.3 is 5.97 Å². The Morgan fingerprint density at radius 1 is 1.03 bits per heavy atom. The van der Waals surface area contributed by atoms with Gasteiger partial charge in [-0.05, 0) is 30.5 Å². The van der Waals surface area contributed by atoms with Gasteiger partial charge < -0.3 is 10.1 Å². The van der Waals surface area contributed by atoms with Crippen molar-refractivity contribution in [3.8, 4) is 0 Å². The smallest absolute Gasteiger partial charge is 0.316 e. The molecule has 1 heterocycles. The number of hydrogen-bond acceptors (Lipinski definition) is 6. The summed E-state index contributed by atoms with van der Waals surface area (Å²) in [4.78, 5) is 32.9. The molecule has 30 heavy (non-hydrogen) atoms. The van der Waals surface area contributed by atoms with Crippen molar-refractivity contribution in [2.75, 3.05) is 18.9 Å². The minimum atomic E-state index is -0.452. The van der Waals surface area contributed by atoms with E-state index in [2.05, 4.69) is 27.4 Å². The first-order valence-electron chi connectivity index (χ1n) is 9.97. The van der Waals surface area contributed by atoms with Crippen LogP contribution in [-0.4, -0.2) is 40.7 Å². The van der Waals surface area contributed by atoms with Gasteiger partial charge in [-0.2, -0.15) is 0 Å². The fraction of sp³-hybridized carbons (Fsp3) is 0.304. The van der Waals surface area contributed by atoms with Crippen LogP contribution in [0.5, 0.6) is 0 Å². The summed E-state index contributed by atoms with van der Waals surface area (Å²) in [6.45, 7) is 0.294. The predicted molar refractivity (Wildman–Crippen MR) is 116 cm³/mol. The number of benzene rings is 2. The van der Waals surface area contributed by atoms with Gasteiger partial charge in [0.25, 0.3) is 5.91 Å². The molecule has 0 atom stereocenters. The second-order valence-electron chi connectivity index (χ2n) is 7.42. The van der Waals surface area contributed by atoms with Crippen LogP contribution in [0.2, 0.25) is 0 Å². The highest BCUT2D eigenvalue weighted by molar-refractivity contribution is 7.99. The number of nitrogens with zero attached hydrogens (tertiary/aromatic N) is 2. The summed E-state index contributed by atoms with van der Waals surface area (Å²) in [5.74, 6) is -0.651. The molecule has 0 aliphatic heterocycles. The van der Waals surface area contributed by atoms with Crippen LogP contribution in [0.4, 0.5) is 0 Å². The van der Waals surface area contributed by atoms with Crippen molar-refractivity contribution in [3.05, 3.63) is 66.4 Å². The highest BCUT2D eigenvalue weighted by atomic mass is 32.2. The third-order valence-corrected chi connectivity index (χ3v) is 6.32. The Kier molecular flexibility index (Phi) is 6.28. The number of amides is 1. The van der Waals surface area contributed by atoms with E-state index in [0.717, 1.165) is 30.3 Å². The fourth-order valence-electron chi connectivity index (χ4n) is 3.61. The van der Waals surface area contributed by atoms with Crippen molar-refractivity contribution in [1.82, 2.24) is 15.3 Å². The van der Waals surface area contributed by atoms with Crippen LogP contribution < -0.4 is 5.32 Å². The molecule has 6 nitrogen and oxygen atoms in total. The molecule has 1 N–H and O–H groups in total. The SMILES string of the molecule is O=C(COC(=O)CSc1cnc2ccccc2n1)NCC1(c2ccccc2)CCC1. The number of rotatable bonds is 8. The zero-order valence-electron chi connectivity index (χ0n) is 16.5. The number of fused-ring (bicyclic) bond motifs is 1. The van der Waals surface area contributed by atoms with E-state index in [4.69, 9.17) is 4.74 Å². The van der Waals surface area contributed by atoms with Gasteiger partial charge in [-0.15, -0.1) is 0 Å². The number of aromatic nitrogens is 2. The molecule has 154 valence electrons. The zero-order chi connectivity index (χ0) is 20.8. The van der Waals surface area contributed by atoms with Crippen molar-refractivity contribution in [2.45, 2.75) is 29.7 Å². The highest BCUT2D eigenvalue weighted by Gasteiger charge is 2.38. The van der Waals surface area contributed by atoms with Crippen molar-refractivity contribution < 1.29 is 14.3 Å². The molecule has 1 aliphatic carbocycles. The number of ether oxygens (including phenoxy) is 1. The third kappa shape index (κ3) is 4.79. The molecule has 3 aromatic rings. The second-order valence-corrected chi connectivity index (χ2v) is 8.42. The van der Waals surface area contributed by atoms with Gasteiger partial charge in [0.05, 0.1) is 23.0 Å². The van der Waals surface area contributed by atoms with Gasteiger partial charge in [-0.3, -0.25) is 14.6 Å². The van der Waals surface area contributed by atoms with E-state index >= 15 is 0 Å². The van der Waals surface area contributed by atoms with Crippen LogP contribution in [0.15, 0.2) is 65.8 Å². The van der Waals surface area contributed by atoms with E-state index in [1.165, 1.54) is 17.3 Å². The number of esters is 1. The Morgan fingerprint density at radius 3 is 2.50 bits per heavy atom. The highest BCUT2D eigenvalue weighted by Crippen LogP contribution is 2.43.